The summed E-state index contributed by atoms with van der Waals surface area (Å²) in [5, 5.41) is 0. The first-order chi connectivity index (χ1) is 5.62. The van der Waals surface area contributed by atoms with Crippen LogP contribution in [0, 0.1) is 5.41 Å². The summed E-state index contributed by atoms with van der Waals surface area (Å²) in [6.07, 6.45) is 6.59. The normalized spacial score (nSPS) is 12.2. The summed E-state index contributed by atoms with van der Waals surface area (Å²) in [4.78, 5) is 0. The zero-order chi connectivity index (χ0) is 9.45. The van der Waals surface area contributed by atoms with Gasteiger partial charge in [-0.15, -0.1) is 0 Å². The second-order valence-electron chi connectivity index (χ2n) is 4.36. The van der Waals surface area contributed by atoms with Gasteiger partial charge in [0.1, 0.15) is 10.5 Å². The van der Waals surface area contributed by atoms with Crippen LogP contribution in [0.3, 0.4) is 0 Å². The third kappa shape index (κ3) is 6.86. The van der Waals surface area contributed by atoms with Gasteiger partial charge in [0.15, 0.2) is 0 Å². The Labute approximate surface area is 80.4 Å². The van der Waals surface area contributed by atoms with E-state index >= 15 is 0 Å². The Morgan fingerprint density at radius 2 is 1.83 bits per heavy atom. The summed E-state index contributed by atoms with van der Waals surface area (Å²) in [6.45, 7) is 7.99. The average molecular weight is 188 g/mol. The number of rotatable bonds is 7. The largest absolute Gasteiger partial charge is 0.428 e. The highest BCUT2D eigenvalue weighted by Crippen LogP contribution is 2.28. The first kappa shape index (κ1) is 12.2. The highest BCUT2D eigenvalue weighted by Gasteiger charge is 2.15. The van der Waals surface area contributed by atoms with Crippen molar-refractivity contribution < 1.29 is 4.43 Å². The maximum atomic E-state index is 5.16. The molecule has 0 saturated carbocycles. The first-order valence-corrected chi connectivity index (χ1v) is 5.93. The molecule has 0 N–H and O–H groups in total. The Bertz CT molecular complexity index is 102. The summed E-state index contributed by atoms with van der Waals surface area (Å²) in [5.74, 6) is 0. The molecule has 0 bridgehead atoms. The summed E-state index contributed by atoms with van der Waals surface area (Å²) in [7, 11) is 0.897. The molecule has 0 radical (unpaired) electrons. The topological polar surface area (TPSA) is 9.23 Å². The van der Waals surface area contributed by atoms with Crippen molar-refractivity contribution >= 4 is 10.5 Å². The number of unbranched alkanes of at least 4 members (excludes halogenated alkanes) is 1. The fourth-order valence-corrected chi connectivity index (χ4v) is 1.94. The molecule has 0 aromatic carbocycles. The predicted octanol–water partition coefficient (Wildman–Crippen LogP) is 2.28. The van der Waals surface area contributed by atoms with Gasteiger partial charge in [0.25, 0.3) is 0 Å². The van der Waals surface area contributed by atoms with Gasteiger partial charge in [-0.05, 0) is 24.7 Å². The Morgan fingerprint density at radius 1 is 1.17 bits per heavy atom. The zero-order valence-corrected chi connectivity index (χ0v) is 11.2. The Morgan fingerprint density at radius 3 is 2.33 bits per heavy atom. The lowest BCUT2D eigenvalue weighted by atomic mass is 9.83. The van der Waals surface area contributed by atoms with E-state index in [0.717, 1.165) is 17.1 Å². The lowest BCUT2D eigenvalue weighted by Crippen LogP contribution is -2.10. The summed E-state index contributed by atoms with van der Waals surface area (Å²) < 4.78 is 5.16. The molecule has 0 atom stereocenters. The van der Waals surface area contributed by atoms with Gasteiger partial charge in [0.2, 0.25) is 0 Å². The Balaban J connectivity index is 3.33. The van der Waals surface area contributed by atoms with Crippen LogP contribution >= 0.6 is 0 Å². The number of hydrogen-bond acceptors (Lipinski definition) is 1. The van der Waals surface area contributed by atoms with Gasteiger partial charge in [-0.2, -0.15) is 0 Å². The highest BCUT2D eigenvalue weighted by molar-refractivity contribution is 5.97. The molecule has 0 amide bonds. The average Bonchev–Trinajstić information content (AvgIpc) is 1.98. The molecule has 2 heteroatoms. The molecule has 0 fully saturated rings. The standard InChI is InChI=1S/C10H24OSi/c1-4-7-10(2,3)8-5-6-9-11-12/h4-9H2,1-3,12H3. The van der Waals surface area contributed by atoms with E-state index in [4.69, 9.17) is 4.43 Å². The van der Waals surface area contributed by atoms with Crippen molar-refractivity contribution in [3.05, 3.63) is 0 Å². The third-order valence-electron chi connectivity index (χ3n) is 2.38. The Hall–Kier alpha value is 0.177. The molecule has 0 rings (SSSR count). The van der Waals surface area contributed by atoms with Crippen molar-refractivity contribution in [2.75, 3.05) is 6.61 Å². The minimum Gasteiger partial charge on any atom is -0.428 e. The summed E-state index contributed by atoms with van der Waals surface area (Å²) in [6, 6.07) is 0. The van der Waals surface area contributed by atoms with Gasteiger partial charge < -0.3 is 4.43 Å². The predicted molar refractivity (Wildman–Crippen MR) is 58.4 cm³/mol. The lowest BCUT2D eigenvalue weighted by molar-refractivity contribution is 0.271. The molecule has 0 unspecified atom stereocenters. The van der Waals surface area contributed by atoms with Crippen molar-refractivity contribution in [3.63, 3.8) is 0 Å². The molecule has 0 aliphatic rings. The van der Waals surface area contributed by atoms with E-state index in [9.17, 15) is 0 Å². The van der Waals surface area contributed by atoms with Crippen LogP contribution in [0.15, 0.2) is 0 Å². The molecule has 0 aromatic rings. The fraction of sp³-hybridized carbons (Fsp3) is 1.00. The fourth-order valence-electron chi connectivity index (χ4n) is 1.65. The molecule has 0 aromatic heterocycles. The van der Waals surface area contributed by atoms with Crippen molar-refractivity contribution in [2.24, 2.45) is 5.41 Å². The minimum absolute atomic E-state index is 0.555. The molecular formula is C10H24OSi. The SMILES string of the molecule is CCCC(C)(C)CCCCO[SiH3]. The summed E-state index contributed by atoms with van der Waals surface area (Å²) in [5.41, 5.74) is 0.555. The summed E-state index contributed by atoms with van der Waals surface area (Å²) >= 11 is 0. The molecule has 12 heavy (non-hydrogen) atoms. The molecule has 1 nitrogen and oxygen atoms in total. The first-order valence-electron chi connectivity index (χ1n) is 5.11. The maximum absolute atomic E-state index is 5.16. The molecule has 0 aliphatic carbocycles. The van der Waals surface area contributed by atoms with Crippen LogP contribution in [-0.4, -0.2) is 17.1 Å². The van der Waals surface area contributed by atoms with Crippen LogP contribution in [0.25, 0.3) is 0 Å². The second-order valence-corrected chi connectivity index (χ2v) is 4.94. The van der Waals surface area contributed by atoms with Gasteiger partial charge >= 0.3 is 0 Å². The molecule has 0 heterocycles. The van der Waals surface area contributed by atoms with Crippen molar-refractivity contribution in [1.82, 2.24) is 0 Å². The van der Waals surface area contributed by atoms with E-state index in [1.807, 2.05) is 0 Å². The maximum Gasteiger partial charge on any atom is 0.145 e. The van der Waals surface area contributed by atoms with Crippen LogP contribution < -0.4 is 0 Å². The van der Waals surface area contributed by atoms with Crippen LogP contribution in [-0.2, 0) is 4.43 Å². The lowest BCUT2D eigenvalue weighted by Gasteiger charge is -2.23. The van der Waals surface area contributed by atoms with E-state index in [0.29, 0.717) is 5.41 Å². The van der Waals surface area contributed by atoms with E-state index in [-0.39, 0.29) is 0 Å². The van der Waals surface area contributed by atoms with E-state index in [1.54, 1.807) is 0 Å². The van der Waals surface area contributed by atoms with Gasteiger partial charge in [-0.1, -0.05) is 33.6 Å². The molecule has 0 aliphatic heterocycles. The van der Waals surface area contributed by atoms with Crippen molar-refractivity contribution in [2.45, 2.75) is 52.9 Å². The van der Waals surface area contributed by atoms with Gasteiger partial charge in [-0.25, -0.2) is 0 Å². The quantitative estimate of drug-likeness (QED) is 0.440. The smallest absolute Gasteiger partial charge is 0.145 e. The Kier molecular flexibility index (Phi) is 6.77. The van der Waals surface area contributed by atoms with Crippen molar-refractivity contribution in [3.8, 4) is 0 Å². The van der Waals surface area contributed by atoms with E-state index in [1.165, 1.54) is 32.1 Å². The van der Waals surface area contributed by atoms with Crippen molar-refractivity contribution in [1.29, 1.82) is 0 Å². The zero-order valence-electron chi connectivity index (χ0n) is 9.15. The van der Waals surface area contributed by atoms with Gasteiger partial charge in [0.05, 0.1) is 0 Å². The molecular weight excluding hydrogens is 164 g/mol. The van der Waals surface area contributed by atoms with Gasteiger partial charge in [0, 0.05) is 6.61 Å². The number of hydrogen-bond donors (Lipinski definition) is 0. The highest BCUT2D eigenvalue weighted by atomic mass is 28.2. The van der Waals surface area contributed by atoms with Gasteiger partial charge in [-0.3, -0.25) is 0 Å². The van der Waals surface area contributed by atoms with Crippen LogP contribution in [0.2, 0.25) is 0 Å². The third-order valence-corrected chi connectivity index (χ3v) is 2.79. The van der Waals surface area contributed by atoms with E-state index < -0.39 is 0 Å². The second kappa shape index (κ2) is 6.67. The van der Waals surface area contributed by atoms with Crippen LogP contribution in [0.1, 0.15) is 52.9 Å². The molecule has 0 saturated heterocycles. The molecule has 0 spiro atoms. The molecule has 74 valence electrons. The van der Waals surface area contributed by atoms with Crippen LogP contribution in [0.5, 0.6) is 0 Å². The van der Waals surface area contributed by atoms with E-state index in [2.05, 4.69) is 20.8 Å². The minimum atomic E-state index is 0.555. The monoisotopic (exact) mass is 188 g/mol. The van der Waals surface area contributed by atoms with Crippen LogP contribution in [0.4, 0.5) is 0 Å².